The van der Waals surface area contributed by atoms with Gasteiger partial charge in [0.05, 0.1) is 7.11 Å². The van der Waals surface area contributed by atoms with E-state index in [1.807, 2.05) is 0 Å². The van der Waals surface area contributed by atoms with Crippen LogP contribution in [0.25, 0.3) is 6.08 Å². The Bertz CT molecular complexity index is 345. The number of hydrogen-bond donors (Lipinski definition) is 0. The van der Waals surface area contributed by atoms with Crippen LogP contribution in [0.5, 0.6) is 0 Å². The van der Waals surface area contributed by atoms with E-state index < -0.39 is 12.6 Å². The summed E-state index contributed by atoms with van der Waals surface area (Å²) in [6, 6.07) is 6.90. The van der Waals surface area contributed by atoms with Crippen molar-refractivity contribution in [2.75, 3.05) is 7.11 Å². The van der Waals surface area contributed by atoms with E-state index in [1.165, 1.54) is 13.2 Å². The van der Waals surface area contributed by atoms with Crippen molar-refractivity contribution in [2.24, 2.45) is 0 Å². The van der Waals surface area contributed by atoms with E-state index in [1.54, 1.807) is 30.3 Å². The van der Waals surface area contributed by atoms with Gasteiger partial charge in [-0.15, -0.1) is 0 Å². The number of halogens is 1. The van der Waals surface area contributed by atoms with E-state index in [4.69, 9.17) is 0 Å². The first-order valence-corrected chi connectivity index (χ1v) is 4.17. The van der Waals surface area contributed by atoms with Crippen LogP contribution in [0.1, 0.15) is 11.1 Å². The fourth-order valence-corrected chi connectivity index (χ4v) is 1.01. The maximum atomic E-state index is 12.3. The number of rotatable bonds is 3. The fourth-order valence-electron chi connectivity index (χ4n) is 1.01. The van der Waals surface area contributed by atoms with E-state index in [0.717, 1.165) is 5.56 Å². The smallest absolute Gasteiger partial charge is 0.330 e. The number of methoxy groups -OCH3 is 1. The van der Waals surface area contributed by atoms with Crippen molar-refractivity contribution in [1.82, 2.24) is 0 Å². The summed E-state index contributed by atoms with van der Waals surface area (Å²) in [5.41, 5.74) is 1.38. The lowest BCUT2D eigenvalue weighted by Gasteiger charge is -1.96. The van der Waals surface area contributed by atoms with Crippen molar-refractivity contribution in [1.29, 1.82) is 0 Å². The van der Waals surface area contributed by atoms with Gasteiger partial charge in [0.1, 0.15) is 6.67 Å². The third-order valence-corrected chi connectivity index (χ3v) is 1.72. The van der Waals surface area contributed by atoms with Crippen LogP contribution in [0, 0.1) is 0 Å². The second-order valence-corrected chi connectivity index (χ2v) is 2.74. The lowest BCUT2D eigenvalue weighted by Crippen LogP contribution is -1.93. The van der Waals surface area contributed by atoms with Crippen molar-refractivity contribution in [3.8, 4) is 0 Å². The van der Waals surface area contributed by atoms with Gasteiger partial charge in [-0.05, 0) is 23.3 Å². The van der Waals surface area contributed by atoms with Gasteiger partial charge < -0.3 is 4.74 Å². The summed E-state index contributed by atoms with van der Waals surface area (Å²) in [4.78, 5) is 10.8. The standard InChI is InChI=1S/C11H11FO2/c1-14-11(13)6-5-9-3-2-4-10(7-9)8-12/h2-7H,8H2,1H3/b6-5+. The summed E-state index contributed by atoms with van der Waals surface area (Å²) in [5, 5.41) is 0. The zero-order valence-electron chi connectivity index (χ0n) is 7.87. The first-order chi connectivity index (χ1) is 6.76. The first kappa shape index (κ1) is 10.4. The third kappa shape index (κ3) is 3.01. The van der Waals surface area contributed by atoms with Gasteiger partial charge in [0.15, 0.2) is 0 Å². The van der Waals surface area contributed by atoms with E-state index in [9.17, 15) is 9.18 Å². The van der Waals surface area contributed by atoms with Gasteiger partial charge in [0, 0.05) is 6.08 Å². The van der Waals surface area contributed by atoms with Gasteiger partial charge in [-0.2, -0.15) is 0 Å². The Morgan fingerprint density at radius 1 is 1.57 bits per heavy atom. The second-order valence-electron chi connectivity index (χ2n) is 2.74. The number of esters is 1. The van der Waals surface area contributed by atoms with Gasteiger partial charge in [-0.1, -0.05) is 18.2 Å². The Labute approximate surface area is 82.0 Å². The van der Waals surface area contributed by atoms with E-state index in [0.29, 0.717) is 5.56 Å². The number of carbonyl (C=O) groups is 1. The van der Waals surface area contributed by atoms with Crippen LogP contribution in [0.3, 0.4) is 0 Å². The van der Waals surface area contributed by atoms with Crippen LogP contribution in [0.2, 0.25) is 0 Å². The van der Waals surface area contributed by atoms with Gasteiger partial charge in [0.25, 0.3) is 0 Å². The number of ether oxygens (including phenoxy) is 1. The molecule has 0 unspecified atom stereocenters. The molecule has 0 aromatic heterocycles. The number of carbonyl (C=O) groups excluding carboxylic acids is 1. The molecule has 14 heavy (non-hydrogen) atoms. The lowest BCUT2D eigenvalue weighted by molar-refractivity contribution is -0.134. The highest BCUT2D eigenvalue weighted by atomic mass is 19.1. The number of benzene rings is 1. The molecule has 0 bridgehead atoms. The molecule has 1 rings (SSSR count). The highest BCUT2D eigenvalue weighted by molar-refractivity contribution is 5.86. The largest absolute Gasteiger partial charge is 0.466 e. The summed E-state index contributed by atoms with van der Waals surface area (Å²) < 4.78 is 16.7. The number of alkyl halides is 1. The highest BCUT2D eigenvalue weighted by Crippen LogP contribution is 2.08. The molecule has 0 saturated carbocycles. The molecule has 1 aromatic rings. The average Bonchev–Trinajstić information content (AvgIpc) is 2.26. The van der Waals surface area contributed by atoms with Crippen molar-refractivity contribution in [2.45, 2.75) is 6.67 Å². The Kier molecular flexibility index (Phi) is 3.85. The van der Waals surface area contributed by atoms with Crippen molar-refractivity contribution < 1.29 is 13.9 Å². The molecule has 0 radical (unpaired) electrons. The van der Waals surface area contributed by atoms with Crippen LogP contribution >= 0.6 is 0 Å². The number of hydrogen-bond acceptors (Lipinski definition) is 2. The summed E-state index contributed by atoms with van der Waals surface area (Å²) >= 11 is 0. The minimum absolute atomic E-state index is 0.421. The molecule has 0 aliphatic heterocycles. The van der Waals surface area contributed by atoms with Gasteiger partial charge in [-0.25, -0.2) is 9.18 Å². The Hall–Kier alpha value is -1.64. The molecule has 2 nitrogen and oxygen atoms in total. The highest BCUT2D eigenvalue weighted by Gasteiger charge is 1.94. The van der Waals surface area contributed by atoms with Gasteiger partial charge in [-0.3, -0.25) is 0 Å². The predicted octanol–water partition coefficient (Wildman–Crippen LogP) is 2.34. The van der Waals surface area contributed by atoms with Crippen molar-refractivity contribution in [3.63, 3.8) is 0 Å². The molecule has 0 spiro atoms. The average molecular weight is 194 g/mol. The molecule has 0 saturated heterocycles. The summed E-state index contributed by atoms with van der Waals surface area (Å²) in [6.45, 7) is -0.500. The fraction of sp³-hybridized carbons (Fsp3) is 0.182. The first-order valence-electron chi connectivity index (χ1n) is 4.17. The topological polar surface area (TPSA) is 26.3 Å². The van der Waals surface area contributed by atoms with Crippen LogP contribution in [-0.4, -0.2) is 13.1 Å². The molecule has 0 N–H and O–H groups in total. The Morgan fingerprint density at radius 2 is 2.36 bits per heavy atom. The molecule has 3 heteroatoms. The van der Waals surface area contributed by atoms with E-state index >= 15 is 0 Å². The monoisotopic (exact) mass is 194 g/mol. The zero-order chi connectivity index (χ0) is 10.4. The summed E-state index contributed by atoms with van der Waals surface area (Å²) in [6.07, 6.45) is 2.89. The predicted molar refractivity (Wildman–Crippen MR) is 52.3 cm³/mol. The normalized spacial score (nSPS) is 10.4. The minimum atomic E-state index is -0.500. The lowest BCUT2D eigenvalue weighted by atomic mass is 10.1. The Morgan fingerprint density at radius 3 is 3.00 bits per heavy atom. The van der Waals surface area contributed by atoms with Crippen LogP contribution < -0.4 is 0 Å². The van der Waals surface area contributed by atoms with E-state index in [-0.39, 0.29) is 0 Å². The van der Waals surface area contributed by atoms with E-state index in [2.05, 4.69) is 4.74 Å². The van der Waals surface area contributed by atoms with Gasteiger partial charge >= 0.3 is 5.97 Å². The second kappa shape index (κ2) is 5.17. The molecular formula is C11H11FO2. The molecule has 0 aliphatic rings. The molecule has 0 amide bonds. The third-order valence-electron chi connectivity index (χ3n) is 1.72. The molecular weight excluding hydrogens is 183 g/mol. The van der Waals surface area contributed by atoms with Crippen LogP contribution in [0.15, 0.2) is 30.3 Å². The molecule has 0 heterocycles. The summed E-state index contributed by atoms with van der Waals surface area (Å²) in [7, 11) is 1.31. The molecule has 0 atom stereocenters. The minimum Gasteiger partial charge on any atom is -0.466 e. The molecule has 0 aliphatic carbocycles. The molecule has 1 aromatic carbocycles. The molecule has 74 valence electrons. The zero-order valence-corrected chi connectivity index (χ0v) is 7.87. The summed E-state index contributed by atoms with van der Waals surface area (Å²) in [5.74, 6) is -0.421. The molecule has 0 fully saturated rings. The van der Waals surface area contributed by atoms with Crippen LogP contribution in [0.4, 0.5) is 4.39 Å². The SMILES string of the molecule is COC(=O)/C=C/c1cccc(CF)c1. The Balaban J connectivity index is 2.76. The maximum Gasteiger partial charge on any atom is 0.330 e. The quantitative estimate of drug-likeness (QED) is 0.545. The van der Waals surface area contributed by atoms with Crippen molar-refractivity contribution >= 4 is 12.0 Å². The maximum absolute atomic E-state index is 12.3. The van der Waals surface area contributed by atoms with Crippen molar-refractivity contribution in [3.05, 3.63) is 41.5 Å². The van der Waals surface area contributed by atoms with Crippen LogP contribution in [-0.2, 0) is 16.2 Å². The van der Waals surface area contributed by atoms with Gasteiger partial charge in [0.2, 0.25) is 0 Å².